The van der Waals surface area contributed by atoms with Crippen LogP contribution in [-0.4, -0.2) is 76.7 Å². The summed E-state index contributed by atoms with van der Waals surface area (Å²) in [5.41, 5.74) is 8.18. The van der Waals surface area contributed by atoms with E-state index in [1.165, 1.54) is 6.92 Å². The molecule has 0 aromatic heterocycles. The summed E-state index contributed by atoms with van der Waals surface area (Å²) in [6.45, 7) is 2.74. The fraction of sp³-hybridized carbons (Fsp3) is 0.933. The van der Waals surface area contributed by atoms with Gasteiger partial charge >= 0.3 is 0 Å². The number of rotatable bonds is 10. The van der Waals surface area contributed by atoms with E-state index >= 15 is 0 Å². The maximum atomic E-state index is 11.2. The van der Waals surface area contributed by atoms with Crippen LogP contribution < -0.4 is 5.32 Å². The first kappa shape index (κ1) is 20.7. The van der Waals surface area contributed by atoms with Crippen molar-refractivity contribution in [2.24, 2.45) is 5.11 Å². The molecule has 0 radical (unpaired) electrons. The minimum atomic E-state index is -1.09. The van der Waals surface area contributed by atoms with Gasteiger partial charge in [-0.25, -0.2) is 0 Å². The number of unbranched alkanes of at least 4 members (excludes halogenated alkanes) is 4. The zero-order valence-electron chi connectivity index (χ0n) is 14.2. The number of hydrogen-bond donors (Lipinski definition) is 4. The normalized spacial score (nSPS) is 27.5. The fourth-order valence-corrected chi connectivity index (χ4v) is 3.12. The number of aliphatic hydroxyl groups excluding tert-OH is 3. The summed E-state index contributed by atoms with van der Waals surface area (Å²) in [4.78, 5) is 15.9. The Morgan fingerprint density at radius 1 is 1.25 bits per heavy atom. The van der Waals surface area contributed by atoms with Crippen LogP contribution in [0, 0.1) is 0 Å². The van der Waals surface area contributed by atoms with Crippen LogP contribution in [0.15, 0.2) is 5.11 Å². The first-order valence-electron chi connectivity index (χ1n) is 8.50. The lowest BCUT2D eigenvalue weighted by Crippen LogP contribution is -2.66. The third-order valence-electron chi connectivity index (χ3n) is 4.40. The van der Waals surface area contributed by atoms with E-state index < -0.39 is 24.3 Å². The Balaban J connectivity index is 2.39. The molecular weight excluding hydrogens is 314 g/mol. The summed E-state index contributed by atoms with van der Waals surface area (Å²) in [5, 5.41) is 35.9. The summed E-state index contributed by atoms with van der Waals surface area (Å²) < 4.78 is 0. The first-order chi connectivity index (χ1) is 11.5. The third kappa shape index (κ3) is 6.62. The molecule has 0 bridgehead atoms. The number of likely N-dealkylation sites (tertiary alicyclic amines) is 1. The Hall–Kier alpha value is -1.38. The van der Waals surface area contributed by atoms with Gasteiger partial charge in [0.2, 0.25) is 5.91 Å². The first-order valence-corrected chi connectivity index (χ1v) is 8.50. The van der Waals surface area contributed by atoms with Crippen molar-refractivity contribution in [3.05, 3.63) is 10.4 Å². The number of amides is 1. The van der Waals surface area contributed by atoms with Gasteiger partial charge in [0.25, 0.3) is 0 Å². The van der Waals surface area contributed by atoms with Crippen molar-refractivity contribution in [1.82, 2.24) is 10.2 Å². The molecule has 4 N–H and O–H groups in total. The lowest BCUT2D eigenvalue weighted by Gasteiger charge is -2.45. The van der Waals surface area contributed by atoms with E-state index in [1.54, 1.807) is 0 Å². The molecule has 1 aliphatic rings. The largest absolute Gasteiger partial charge is 0.395 e. The Bertz CT molecular complexity index is 430. The molecule has 1 saturated heterocycles. The summed E-state index contributed by atoms with van der Waals surface area (Å²) in [5.74, 6) is -0.256. The van der Waals surface area contributed by atoms with Crippen molar-refractivity contribution in [3.8, 4) is 0 Å². The highest BCUT2D eigenvalue weighted by molar-refractivity contribution is 5.73. The predicted molar refractivity (Wildman–Crippen MR) is 89.2 cm³/mol. The Labute approximate surface area is 142 Å². The zero-order chi connectivity index (χ0) is 17.9. The number of nitrogens with zero attached hydrogens (tertiary/aromatic N) is 4. The van der Waals surface area contributed by atoms with Crippen molar-refractivity contribution >= 4 is 5.91 Å². The Morgan fingerprint density at radius 3 is 2.54 bits per heavy atom. The molecule has 1 heterocycles. The van der Waals surface area contributed by atoms with Gasteiger partial charge in [0, 0.05) is 24.9 Å². The van der Waals surface area contributed by atoms with Crippen molar-refractivity contribution < 1.29 is 20.1 Å². The lowest BCUT2D eigenvalue weighted by atomic mass is 9.92. The van der Waals surface area contributed by atoms with Gasteiger partial charge in [-0.2, -0.15) is 0 Å². The number of carbonyl (C=O) groups excluding carboxylic acids is 1. The summed E-state index contributed by atoms with van der Waals surface area (Å²) in [6.07, 6.45) is 2.62. The molecule has 0 aromatic carbocycles. The highest BCUT2D eigenvalue weighted by Gasteiger charge is 2.41. The van der Waals surface area contributed by atoms with Crippen molar-refractivity contribution in [1.29, 1.82) is 0 Å². The number of carbonyl (C=O) groups is 1. The van der Waals surface area contributed by atoms with E-state index in [1.807, 2.05) is 4.90 Å². The minimum absolute atomic E-state index is 0.239. The average Bonchev–Trinajstić information content (AvgIpc) is 2.54. The van der Waals surface area contributed by atoms with E-state index in [0.29, 0.717) is 19.6 Å². The van der Waals surface area contributed by atoms with Crippen LogP contribution in [0.25, 0.3) is 10.4 Å². The molecule has 0 spiro atoms. The fourth-order valence-electron chi connectivity index (χ4n) is 3.12. The molecule has 0 aromatic rings. The highest BCUT2D eigenvalue weighted by Crippen LogP contribution is 2.20. The van der Waals surface area contributed by atoms with Gasteiger partial charge in [0.1, 0.15) is 6.10 Å². The van der Waals surface area contributed by atoms with Crippen LogP contribution in [-0.2, 0) is 4.79 Å². The summed E-state index contributed by atoms with van der Waals surface area (Å²) in [7, 11) is 0. The van der Waals surface area contributed by atoms with Crippen LogP contribution in [0.5, 0.6) is 0 Å². The van der Waals surface area contributed by atoms with E-state index in [0.717, 1.165) is 32.1 Å². The smallest absolute Gasteiger partial charge is 0.217 e. The van der Waals surface area contributed by atoms with E-state index in [2.05, 4.69) is 15.3 Å². The quantitative estimate of drug-likeness (QED) is 0.193. The highest BCUT2D eigenvalue weighted by atomic mass is 16.3. The van der Waals surface area contributed by atoms with Crippen molar-refractivity contribution in [2.75, 3.05) is 26.2 Å². The van der Waals surface area contributed by atoms with Gasteiger partial charge in [-0.05, 0) is 24.9 Å². The molecule has 1 aliphatic heterocycles. The number of aliphatic hydroxyl groups is 3. The minimum Gasteiger partial charge on any atom is -0.395 e. The molecule has 4 atom stereocenters. The van der Waals surface area contributed by atoms with Gasteiger partial charge in [-0.3, -0.25) is 9.69 Å². The second kappa shape index (κ2) is 11.2. The summed E-state index contributed by atoms with van der Waals surface area (Å²) in [6, 6.07) is -1.06. The van der Waals surface area contributed by atoms with Gasteiger partial charge < -0.3 is 20.6 Å². The Kier molecular flexibility index (Phi) is 9.66. The maximum absolute atomic E-state index is 11.2. The number of nitrogens with one attached hydrogen (secondary N) is 1. The molecule has 0 saturated carbocycles. The van der Waals surface area contributed by atoms with E-state index in [9.17, 15) is 20.1 Å². The number of piperidine rings is 1. The molecule has 1 fully saturated rings. The van der Waals surface area contributed by atoms with Crippen LogP contribution in [0.2, 0.25) is 0 Å². The monoisotopic (exact) mass is 343 g/mol. The van der Waals surface area contributed by atoms with Crippen molar-refractivity contribution in [2.45, 2.75) is 63.3 Å². The lowest BCUT2D eigenvalue weighted by molar-refractivity contribution is -0.128. The molecule has 9 nitrogen and oxygen atoms in total. The predicted octanol–water partition coefficient (Wildman–Crippen LogP) is 0.150. The third-order valence-corrected chi connectivity index (χ3v) is 4.40. The average molecular weight is 343 g/mol. The molecule has 1 rings (SSSR count). The molecular formula is C15H29N5O4. The molecule has 0 unspecified atom stereocenters. The van der Waals surface area contributed by atoms with E-state index in [4.69, 9.17) is 5.53 Å². The topological polar surface area (TPSA) is 142 Å². The number of azide groups is 1. The van der Waals surface area contributed by atoms with Gasteiger partial charge in [0.05, 0.1) is 24.8 Å². The van der Waals surface area contributed by atoms with Crippen molar-refractivity contribution in [3.63, 3.8) is 0 Å². The zero-order valence-corrected chi connectivity index (χ0v) is 14.2. The van der Waals surface area contributed by atoms with E-state index in [-0.39, 0.29) is 12.5 Å². The van der Waals surface area contributed by atoms with Crippen LogP contribution in [0.4, 0.5) is 0 Å². The number of hydrogen-bond acceptors (Lipinski definition) is 6. The molecule has 24 heavy (non-hydrogen) atoms. The molecule has 138 valence electrons. The Morgan fingerprint density at radius 2 is 1.92 bits per heavy atom. The summed E-state index contributed by atoms with van der Waals surface area (Å²) >= 11 is 0. The second-order valence-corrected chi connectivity index (χ2v) is 6.26. The molecule has 1 amide bonds. The standard InChI is InChI=1S/C15H29N5O4/c1-11(22)18-12-9-20(13(10-21)15(24)14(12)23)8-6-4-2-3-5-7-17-19-16/h12-15,21,23-24H,2-10H2,1H3,(H,18,22)/t12-,13+,14+,15+/m0/s1. The van der Waals surface area contributed by atoms with Crippen LogP contribution >= 0.6 is 0 Å². The van der Waals surface area contributed by atoms with Gasteiger partial charge in [-0.1, -0.05) is 24.4 Å². The van der Waals surface area contributed by atoms with Crippen LogP contribution in [0.1, 0.15) is 39.0 Å². The molecule has 9 heteroatoms. The maximum Gasteiger partial charge on any atom is 0.217 e. The SMILES string of the molecule is CC(=O)N[C@H]1CN(CCCCCCCN=[N+]=[N-])[C@H](CO)[C@@H](O)[C@@H]1O. The van der Waals surface area contributed by atoms with Gasteiger partial charge in [0.15, 0.2) is 0 Å². The second-order valence-electron chi connectivity index (χ2n) is 6.26. The van der Waals surface area contributed by atoms with Crippen LogP contribution in [0.3, 0.4) is 0 Å². The van der Waals surface area contributed by atoms with Gasteiger partial charge in [-0.15, -0.1) is 0 Å². The molecule has 0 aliphatic carbocycles.